The highest BCUT2D eigenvalue weighted by molar-refractivity contribution is 7.99. The fourth-order valence-electron chi connectivity index (χ4n) is 2.73. The number of imidazole rings is 1. The molecular formula is C14H16ClFN2S. The van der Waals surface area contributed by atoms with Crippen molar-refractivity contribution in [3.8, 4) is 0 Å². The Morgan fingerprint density at radius 3 is 2.89 bits per heavy atom. The Morgan fingerprint density at radius 1 is 1.37 bits per heavy atom. The molecule has 0 spiro atoms. The topological polar surface area (TPSA) is 17.8 Å². The van der Waals surface area contributed by atoms with Gasteiger partial charge in [-0.2, -0.15) is 11.8 Å². The summed E-state index contributed by atoms with van der Waals surface area (Å²) in [6, 6.07) is 5.36. The summed E-state index contributed by atoms with van der Waals surface area (Å²) in [7, 11) is 0. The van der Waals surface area contributed by atoms with Crippen LogP contribution in [0.15, 0.2) is 18.2 Å². The fourth-order valence-corrected chi connectivity index (χ4v) is 3.98. The first-order valence-electron chi connectivity index (χ1n) is 6.59. The molecule has 0 radical (unpaired) electrons. The van der Waals surface area contributed by atoms with Crippen LogP contribution in [-0.2, 0) is 6.42 Å². The number of thioether (sulfide) groups is 1. The number of hydrogen-bond donors (Lipinski definition) is 0. The summed E-state index contributed by atoms with van der Waals surface area (Å²) in [5.41, 5.74) is 1.79. The van der Waals surface area contributed by atoms with Gasteiger partial charge < -0.3 is 4.57 Å². The number of nitrogens with zero attached hydrogens (tertiary/aromatic N) is 2. The van der Waals surface area contributed by atoms with E-state index in [-0.39, 0.29) is 5.82 Å². The molecule has 19 heavy (non-hydrogen) atoms. The maximum Gasteiger partial charge on any atom is 0.125 e. The molecule has 0 saturated carbocycles. The zero-order valence-corrected chi connectivity index (χ0v) is 12.2. The Bertz CT molecular complexity index is 578. The van der Waals surface area contributed by atoms with Gasteiger partial charge in [0.2, 0.25) is 0 Å². The molecule has 3 rings (SSSR count). The lowest BCUT2D eigenvalue weighted by molar-refractivity contribution is 0.466. The second-order valence-electron chi connectivity index (χ2n) is 4.81. The molecule has 102 valence electrons. The smallest absolute Gasteiger partial charge is 0.125 e. The molecular weight excluding hydrogens is 283 g/mol. The van der Waals surface area contributed by atoms with E-state index in [4.69, 9.17) is 11.6 Å². The highest BCUT2D eigenvalue weighted by Gasteiger charge is 2.21. The van der Waals surface area contributed by atoms with Crippen molar-refractivity contribution in [3.05, 3.63) is 29.8 Å². The first-order valence-corrected chi connectivity index (χ1v) is 8.28. The van der Waals surface area contributed by atoms with Crippen LogP contribution < -0.4 is 0 Å². The van der Waals surface area contributed by atoms with Crippen LogP contribution in [0, 0.1) is 5.82 Å². The number of halogens is 2. The predicted molar refractivity (Wildman–Crippen MR) is 79.7 cm³/mol. The van der Waals surface area contributed by atoms with Crippen LogP contribution >= 0.6 is 23.4 Å². The molecule has 0 bridgehead atoms. The summed E-state index contributed by atoms with van der Waals surface area (Å²) in [6.45, 7) is 0. The number of benzene rings is 1. The van der Waals surface area contributed by atoms with E-state index in [1.54, 1.807) is 0 Å². The standard InChI is InChI=1S/C14H16ClFN2S/c15-6-3-14-17-12-9-10(16)1-2-13(12)18(14)11-4-7-19-8-5-11/h1-2,9,11H,3-8H2. The summed E-state index contributed by atoms with van der Waals surface area (Å²) >= 11 is 7.88. The van der Waals surface area contributed by atoms with Crippen molar-refractivity contribution in [3.63, 3.8) is 0 Å². The van der Waals surface area contributed by atoms with Gasteiger partial charge in [0.25, 0.3) is 0 Å². The van der Waals surface area contributed by atoms with Gasteiger partial charge in [0.15, 0.2) is 0 Å². The first kappa shape index (κ1) is 13.3. The Kier molecular flexibility index (Phi) is 3.99. The molecule has 2 nitrogen and oxygen atoms in total. The van der Waals surface area contributed by atoms with Crippen LogP contribution in [0.2, 0.25) is 0 Å². The summed E-state index contributed by atoms with van der Waals surface area (Å²) in [6.07, 6.45) is 3.05. The molecule has 1 saturated heterocycles. The van der Waals surface area contributed by atoms with Gasteiger partial charge in [-0.15, -0.1) is 11.6 Å². The first-order chi connectivity index (χ1) is 9.29. The molecule has 0 N–H and O–H groups in total. The zero-order valence-electron chi connectivity index (χ0n) is 10.6. The minimum absolute atomic E-state index is 0.228. The number of hydrogen-bond acceptors (Lipinski definition) is 2. The van der Waals surface area contributed by atoms with E-state index >= 15 is 0 Å². The maximum absolute atomic E-state index is 13.3. The Balaban J connectivity index is 2.09. The molecule has 1 aromatic carbocycles. The molecule has 2 heterocycles. The van der Waals surface area contributed by atoms with Gasteiger partial charge in [0.05, 0.1) is 11.0 Å². The van der Waals surface area contributed by atoms with Crippen molar-refractivity contribution in [1.82, 2.24) is 9.55 Å². The Morgan fingerprint density at radius 2 is 2.16 bits per heavy atom. The third-order valence-corrected chi connectivity index (χ3v) is 4.84. The van der Waals surface area contributed by atoms with Crippen LogP contribution in [0.5, 0.6) is 0 Å². The number of alkyl halides is 1. The fraction of sp³-hybridized carbons (Fsp3) is 0.500. The normalized spacial score (nSPS) is 17.2. The lowest BCUT2D eigenvalue weighted by atomic mass is 10.1. The van der Waals surface area contributed by atoms with Crippen molar-refractivity contribution in [2.24, 2.45) is 0 Å². The Labute approximate surface area is 121 Å². The van der Waals surface area contributed by atoms with Gasteiger partial charge in [0.1, 0.15) is 11.6 Å². The number of fused-ring (bicyclic) bond motifs is 1. The molecule has 1 aliphatic rings. The highest BCUT2D eigenvalue weighted by Crippen LogP contribution is 2.32. The molecule has 1 aliphatic heterocycles. The monoisotopic (exact) mass is 298 g/mol. The van der Waals surface area contributed by atoms with Gasteiger partial charge in [-0.3, -0.25) is 0 Å². The van der Waals surface area contributed by atoms with E-state index in [0.29, 0.717) is 11.9 Å². The quantitative estimate of drug-likeness (QED) is 0.796. The van der Waals surface area contributed by atoms with Crippen molar-refractivity contribution >= 4 is 34.4 Å². The average Bonchev–Trinajstić information content (AvgIpc) is 2.77. The second-order valence-corrected chi connectivity index (χ2v) is 6.42. The lowest BCUT2D eigenvalue weighted by Crippen LogP contribution is -2.17. The number of aryl methyl sites for hydroxylation is 1. The van der Waals surface area contributed by atoms with Crippen LogP contribution in [0.4, 0.5) is 4.39 Å². The van der Waals surface area contributed by atoms with Crippen LogP contribution in [-0.4, -0.2) is 26.9 Å². The minimum Gasteiger partial charge on any atom is -0.325 e. The van der Waals surface area contributed by atoms with Crippen molar-refractivity contribution in [1.29, 1.82) is 0 Å². The van der Waals surface area contributed by atoms with Crippen LogP contribution in [0.1, 0.15) is 24.7 Å². The zero-order chi connectivity index (χ0) is 13.2. The summed E-state index contributed by atoms with van der Waals surface area (Å²) < 4.78 is 15.6. The number of aromatic nitrogens is 2. The Hall–Kier alpha value is -0.740. The third kappa shape index (κ3) is 2.61. The molecule has 5 heteroatoms. The van der Waals surface area contributed by atoms with E-state index in [1.165, 1.54) is 23.6 Å². The summed E-state index contributed by atoms with van der Waals surface area (Å²) in [5, 5.41) is 0. The van der Waals surface area contributed by atoms with Crippen LogP contribution in [0.3, 0.4) is 0 Å². The third-order valence-electron chi connectivity index (χ3n) is 3.60. The van der Waals surface area contributed by atoms with Crippen molar-refractivity contribution in [2.75, 3.05) is 17.4 Å². The summed E-state index contributed by atoms with van der Waals surface area (Å²) in [5.74, 6) is 3.69. The second kappa shape index (κ2) is 5.71. The summed E-state index contributed by atoms with van der Waals surface area (Å²) in [4.78, 5) is 4.57. The van der Waals surface area contributed by atoms with E-state index < -0.39 is 0 Å². The van der Waals surface area contributed by atoms with Gasteiger partial charge in [-0.25, -0.2) is 9.37 Å². The van der Waals surface area contributed by atoms with E-state index in [0.717, 1.165) is 36.1 Å². The highest BCUT2D eigenvalue weighted by atomic mass is 35.5. The SMILES string of the molecule is Fc1ccc2c(c1)nc(CCCl)n2C1CCSCC1. The number of rotatable bonds is 3. The molecule has 1 aromatic heterocycles. The largest absolute Gasteiger partial charge is 0.325 e. The molecule has 0 amide bonds. The average molecular weight is 299 g/mol. The van der Waals surface area contributed by atoms with Crippen LogP contribution in [0.25, 0.3) is 11.0 Å². The van der Waals surface area contributed by atoms with Gasteiger partial charge in [0, 0.05) is 24.4 Å². The van der Waals surface area contributed by atoms with Crippen molar-refractivity contribution in [2.45, 2.75) is 25.3 Å². The minimum atomic E-state index is -0.228. The van der Waals surface area contributed by atoms with Gasteiger partial charge in [-0.05, 0) is 36.5 Å². The molecule has 0 atom stereocenters. The molecule has 2 aromatic rings. The molecule has 0 aliphatic carbocycles. The van der Waals surface area contributed by atoms with Gasteiger partial charge in [-0.1, -0.05) is 0 Å². The molecule has 1 fully saturated rings. The van der Waals surface area contributed by atoms with E-state index in [2.05, 4.69) is 9.55 Å². The molecule has 0 unspecified atom stereocenters. The van der Waals surface area contributed by atoms with E-state index in [9.17, 15) is 4.39 Å². The van der Waals surface area contributed by atoms with Crippen molar-refractivity contribution < 1.29 is 4.39 Å². The maximum atomic E-state index is 13.3. The predicted octanol–water partition coefficient (Wildman–Crippen LogP) is 4.02. The lowest BCUT2D eigenvalue weighted by Gasteiger charge is -2.25. The van der Waals surface area contributed by atoms with Gasteiger partial charge >= 0.3 is 0 Å². The van der Waals surface area contributed by atoms with E-state index in [1.807, 2.05) is 17.8 Å².